The van der Waals surface area contributed by atoms with E-state index in [1.807, 2.05) is 0 Å². The molecule has 17 nitrogen and oxygen atoms in total. The van der Waals surface area contributed by atoms with Crippen molar-refractivity contribution in [2.75, 3.05) is 103 Å². The molecule has 1 N–H and O–H groups in total. The second-order valence-corrected chi connectivity index (χ2v) is 14.7. The smallest absolute Gasteiger partial charge is 0.339 e. The van der Waals surface area contributed by atoms with Crippen LogP contribution in [0.1, 0.15) is 32.1 Å². The number of halogens is 3. The van der Waals surface area contributed by atoms with Crippen LogP contribution in [0.25, 0.3) is 0 Å². The molecule has 4 saturated heterocycles. The first-order chi connectivity index (χ1) is 30.5. The number of ketones is 1. The van der Waals surface area contributed by atoms with Gasteiger partial charge >= 0.3 is 24.0 Å². The Balaban J connectivity index is 0.000000215. The van der Waals surface area contributed by atoms with Crippen molar-refractivity contribution < 1.29 is 51.7 Å². The standard InChI is InChI=1S/C22H25FN4O4.C19H21FN4O3.C3H4O2.ClH/c1-30-21(28)16-5-6-18(24-12-16)13-27(19-4-2-3-17(23)11-19)22(29)26-9-7-25(8-10-26)20-14-31-15-20;1-27-18(25)14-5-6-16(22-12-14)13-24(17-4-2-3-15(20)11-17)19(26)23-9-7-21-8-10-23;4-3-1-5-2-3;/h2-6,11-12,20H,7-10,13-15H2,1H3;2-6,11-12,21H,7-10,13H2,1H3;1-2H2;1H. The topological polar surface area (TPSA) is 176 Å². The Hall–Kier alpha value is -6.12. The lowest BCUT2D eigenvalue weighted by atomic mass is 10.2. The number of amides is 4. The number of Topliss-reactive ketones (excluding diaryl/α,β-unsaturated/α-hetero) is 1. The van der Waals surface area contributed by atoms with Crippen molar-refractivity contribution in [3.63, 3.8) is 0 Å². The molecule has 20 heteroatoms. The highest BCUT2D eigenvalue weighted by molar-refractivity contribution is 5.93. The molecule has 64 heavy (non-hydrogen) atoms. The molecule has 0 bridgehead atoms. The summed E-state index contributed by atoms with van der Waals surface area (Å²) in [4.78, 5) is 76.8. The van der Waals surface area contributed by atoms with E-state index in [-0.39, 0.29) is 43.3 Å². The number of esters is 2. The molecule has 0 radical (unpaired) electrons. The Morgan fingerprint density at radius 2 is 1.14 bits per heavy atom. The number of nitrogens with one attached hydrogen (secondary N) is 1. The predicted molar refractivity (Wildman–Crippen MR) is 232 cm³/mol. The number of nitrogens with zero attached hydrogens (tertiary/aromatic N) is 7. The Bertz CT molecular complexity index is 2180. The van der Waals surface area contributed by atoms with Crippen molar-refractivity contribution in [3.05, 3.63) is 119 Å². The van der Waals surface area contributed by atoms with Gasteiger partial charge < -0.3 is 34.1 Å². The molecule has 342 valence electrons. The Kier molecular flexibility index (Phi) is 18.4. The van der Waals surface area contributed by atoms with E-state index in [1.165, 1.54) is 60.7 Å². The third-order valence-electron chi connectivity index (χ3n) is 10.5. The first kappa shape index (κ1) is 48.9. The fourth-order valence-corrected chi connectivity index (χ4v) is 6.76. The van der Waals surface area contributed by atoms with Gasteiger partial charge in [0.05, 0.1) is 69.1 Å². The highest BCUT2D eigenvalue weighted by Gasteiger charge is 2.32. The summed E-state index contributed by atoms with van der Waals surface area (Å²) in [6.07, 6.45) is 2.81. The van der Waals surface area contributed by atoms with Gasteiger partial charge in [0.15, 0.2) is 5.78 Å². The van der Waals surface area contributed by atoms with E-state index < -0.39 is 23.6 Å². The number of urea groups is 2. The summed E-state index contributed by atoms with van der Waals surface area (Å²) in [5, 5.41) is 3.20. The molecule has 4 amide bonds. The van der Waals surface area contributed by atoms with Crippen molar-refractivity contribution in [2.45, 2.75) is 19.1 Å². The van der Waals surface area contributed by atoms with Crippen molar-refractivity contribution in [1.82, 2.24) is 30.0 Å². The Morgan fingerprint density at radius 1 is 0.688 bits per heavy atom. The lowest BCUT2D eigenvalue weighted by molar-refractivity contribution is -0.140. The van der Waals surface area contributed by atoms with Gasteiger partial charge in [0.1, 0.15) is 24.8 Å². The van der Waals surface area contributed by atoms with E-state index in [0.717, 1.165) is 39.4 Å². The van der Waals surface area contributed by atoms with Crippen molar-refractivity contribution in [2.24, 2.45) is 0 Å². The van der Waals surface area contributed by atoms with Crippen molar-refractivity contribution in [3.8, 4) is 0 Å². The normalized spacial score (nSPS) is 15.9. The SMILES string of the molecule is COC(=O)c1ccc(CN(C(=O)N2CCN(C3COC3)CC2)c2cccc(F)c2)nc1.COC(=O)c1ccc(CN(C(=O)N2CCNCC2)c2cccc(F)c2)nc1.Cl.O=C1COC1. The highest BCUT2D eigenvalue weighted by atomic mass is 35.5. The van der Waals surface area contributed by atoms with E-state index >= 15 is 0 Å². The fourth-order valence-electron chi connectivity index (χ4n) is 6.76. The van der Waals surface area contributed by atoms with Crippen molar-refractivity contribution >= 4 is 53.6 Å². The minimum Gasteiger partial charge on any atom is -0.465 e. The molecule has 0 spiro atoms. The lowest BCUT2D eigenvalue weighted by Crippen LogP contribution is -2.59. The summed E-state index contributed by atoms with van der Waals surface area (Å²) in [6.45, 7) is 7.85. The maximum Gasteiger partial charge on any atom is 0.339 e. The number of pyridine rings is 2. The van der Waals surface area contributed by atoms with Crippen LogP contribution < -0.4 is 15.1 Å². The van der Waals surface area contributed by atoms with Crippen LogP contribution in [0.3, 0.4) is 0 Å². The number of anilines is 2. The van der Waals surface area contributed by atoms with Crippen LogP contribution in [0.4, 0.5) is 29.7 Å². The van der Waals surface area contributed by atoms with E-state index in [4.69, 9.17) is 9.47 Å². The summed E-state index contributed by atoms with van der Waals surface area (Å²) < 4.78 is 46.7. The summed E-state index contributed by atoms with van der Waals surface area (Å²) >= 11 is 0. The molecule has 0 saturated carbocycles. The third-order valence-corrected chi connectivity index (χ3v) is 10.5. The molecule has 0 aliphatic carbocycles. The molecule has 0 unspecified atom stereocenters. The van der Waals surface area contributed by atoms with Crippen LogP contribution in [-0.2, 0) is 36.8 Å². The average molecular weight is 909 g/mol. The van der Waals surface area contributed by atoms with Gasteiger partial charge in [0.2, 0.25) is 0 Å². The van der Waals surface area contributed by atoms with Crippen LogP contribution >= 0.6 is 12.4 Å². The first-order valence-electron chi connectivity index (χ1n) is 20.4. The van der Waals surface area contributed by atoms with Crippen LogP contribution in [0, 0.1) is 11.6 Å². The fraction of sp³-hybridized carbons (Fsp3) is 0.386. The zero-order valence-electron chi connectivity index (χ0n) is 35.5. The molecule has 0 atom stereocenters. The molecule has 4 aliphatic heterocycles. The van der Waals surface area contributed by atoms with Crippen LogP contribution in [0.15, 0.2) is 85.2 Å². The molecule has 2 aromatic carbocycles. The van der Waals surface area contributed by atoms with Gasteiger partial charge in [-0.2, -0.15) is 0 Å². The lowest BCUT2D eigenvalue weighted by Gasteiger charge is -2.43. The van der Waals surface area contributed by atoms with E-state index in [1.54, 1.807) is 58.3 Å². The molecule has 4 aliphatic rings. The van der Waals surface area contributed by atoms with Gasteiger partial charge in [0.25, 0.3) is 0 Å². The van der Waals surface area contributed by atoms with Crippen molar-refractivity contribution in [1.29, 1.82) is 0 Å². The average Bonchev–Trinajstić information content (AvgIpc) is 3.29. The molecular weight excluding hydrogens is 858 g/mol. The van der Waals surface area contributed by atoms with Crippen LogP contribution in [0.2, 0.25) is 0 Å². The number of hydrogen-bond acceptors (Lipinski definition) is 13. The molecule has 2 aromatic heterocycles. The minimum absolute atomic E-state index is 0. The van der Waals surface area contributed by atoms with Gasteiger partial charge in [-0.1, -0.05) is 12.1 Å². The van der Waals surface area contributed by atoms with E-state index in [0.29, 0.717) is 79.3 Å². The molecule has 4 aromatic rings. The van der Waals surface area contributed by atoms with E-state index in [2.05, 4.69) is 29.7 Å². The number of benzene rings is 2. The number of carbonyl (C=O) groups excluding carboxylic acids is 5. The number of aromatic nitrogens is 2. The number of methoxy groups -OCH3 is 2. The van der Waals surface area contributed by atoms with Gasteiger partial charge in [-0.25, -0.2) is 28.0 Å². The summed E-state index contributed by atoms with van der Waals surface area (Å²) in [6, 6.07) is 18.4. The minimum atomic E-state index is -0.480. The number of ether oxygens (including phenoxy) is 4. The summed E-state index contributed by atoms with van der Waals surface area (Å²) in [5.74, 6) is -1.58. The maximum absolute atomic E-state index is 13.9. The maximum atomic E-state index is 13.9. The van der Waals surface area contributed by atoms with Gasteiger partial charge in [-0.3, -0.25) is 29.5 Å². The Labute approximate surface area is 375 Å². The predicted octanol–water partition coefficient (Wildman–Crippen LogP) is 4.20. The zero-order chi connectivity index (χ0) is 44.7. The number of piperazine rings is 2. The largest absolute Gasteiger partial charge is 0.465 e. The van der Waals surface area contributed by atoms with Crippen LogP contribution in [0.5, 0.6) is 0 Å². The first-order valence-corrected chi connectivity index (χ1v) is 20.4. The number of rotatable bonds is 9. The molecule has 6 heterocycles. The Morgan fingerprint density at radius 3 is 1.48 bits per heavy atom. The third kappa shape index (κ3) is 13.4. The molecule has 4 fully saturated rings. The van der Waals surface area contributed by atoms with Gasteiger partial charge in [-0.15, -0.1) is 12.4 Å². The summed E-state index contributed by atoms with van der Waals surface area (Å²) in [7, 11) is 2.60. The second kappa shape index (κ2) is 24.1. The van der Waals surface area contributed by atoms with Gasteiger partial charge in [-0.05, 0) is 60.7 Å². The van der Waals surface area contributed by atoms with Crippen LogP contribution in [-0.4, -0.2) is 153 Å². The highest BCUT2D eigenvalue weighted by Crippen LogP contribution is 2.23. The summed E-state index contributed by atoms with van der Waals surface area (Å²) in [5.41, 5.74) is 2.72. The zero-order valence-corrected chi connectivity index (χ0v) is 36.3. The monoisotopic (exact) mass is 908 g/mol. The quantitative estimate of drug-likeness (QED) is 0.237. The second-order valence-electron chi connectivity index (χ2n) is 14.7. The number of carbonyl (C=O) groups is 5. The number of hydrogen-bond donors (Lipinski definition) is 1. The van der Waals surface area contributed by atoms with Gasteiger partial charge in [0, 0.05) is 76.1 Å². The van der Waals surface area contributed by atoms with E-state index in [9.17, 15) is 32.8 Å². The molecular formula is C44H51ClF2N8O9. The molecule has 8 rings (SSSR count).